The van der Waals surface area contributed by atoms with Crippen LogP contribution in [0.15, 0.2) is 77.4 Å². The summed E-state index contributed by atoms with van der Waals surface area (Å²) in [5, 5.41) is 2.77. The number of nitrogens with one attached hydrogen (secondary N) is 1. The van der Waals surface area contributed by atoms with E-state index in [2.05, 4.69) is 5.32 Å². The highest BCUT2D eigenvalue weighted by Gasteiger charge is 2.27. The minimum atomic E-state index is -1.14. The van der Waals surface area contributed by atoms with Gasteiger partial charge in [-0.15, -0.1) is 0 Å². The highest BCUT2D eigenvalue weighted by Crippen LogP contribution is 2.27. The van der Waals surface area contributed by atoms with Crippen molar-refractivity contribution in [3.63, 3.8) is 0 Å². The Kier molecular flexibility index (Phi) is 5.89. The van der Waals surface area contributed by atoms with Crippen LogP contribution in [0.2, 0.25) is 0 Å². The molecule has 6 heteroatoms. The van der Waals surface area contributed by atoms with Crippen molar-refractivity contribution in [2.24, 2.45) is 0 Å². The van der Waals surface area contributed by atoms with Crippen LogP contribution in [-0.4, -0.2) is 18.5 Å². The molecule has 0 bridgehead atoms. The number of esters is 1. The first-order chi connectivity index (χ1) is 13.2. The number of carbonyl (C=O) groups is 2. The molecule has 0 aliphatic rings. The number of hydrogen-bond acceptors (Lipinski definition) is 5. The highest BCUT2D eigenvalue weighted by molar-refractivity contribution is 5.98. The molecule has 6 nitrogen and oxygen atoms in total. The molecular formula is C21H19NO5. The quantitative estimate of drug-likeness (QED) is 0.635. The molecule has 1 atom stereocenters. The van der Waals surface area contributed by atoms with Gasteiger partial charge >= 0.3 is 5.97 Å². The number of para-hydroxylation sites is 2. The SMILES string of the molecule is CCOc1ccccc1NC(=O)[C@@H](OC(=O)c1ccco1)c1ccccc1. The summed E-state index contributed by atoms with van der Waals surface area (Å²) in [4.78, 5) is 25.2. The van der Waals surface area contributed by atoms with Crippen molar-refractivity contribution >= 4 is 17.6 Å². The smallest absolute Gasteiger partial charge is 0.375 e. The van der Waals surface area contributed by atoms with E-state index in [0.717, 1.165) is 0 Å². The predicted molar refractivity (Wildman–Crippen MR) is 99.5 cm³/mol. The van der Waals surface area contributed by atoms with Crippen LogP contribution in [0, 0.1) is 0 Å². The third-order valence-corrected chi connectivity index (χ3v) is 3.73. The maximum absolute atomic E-state index is 12.9. The summed E-state index contributed by atoms with van der Waals surface area (Å²) >= 11 is 0. The molecule has 1 heterocycles. The fourth-order valence-electron chi connectivity index (χ4n) is 2.51. The summed E-state index contributed by atoms with van der Waals surface area (Å²) in [6.07, 6.45) is 0.227. The topological polar surface area (TPSA) is 77.8 Å². The number of ether oxygens (including phenoxy) is 2. The van der Waals surface area contributed by atoms with Gasteiger partial charge in [0.1, 0.15) is 5.75 Å². The fourth-order valence-corrected chi connectivity index (χ4v) is 2.51. The first-order valence-electron chi connectivity index (χ1n) is 8.51. The van der Waals surface area contributed by atoms with Crippen molar-refractivity contribution in [3.8, 4) is 5.75 Å². The van der Waals surface area contributed by atoms with Crippen LogP contribution in [0.5, 0.6) is 5.75 Å². The molecule has 0 saturated heterocycles. The number of hydrogen-bond donors (Lipinski definition) is 1. The van der Waals surface area contributed by atoms with Crippen molar-refractivity contribution < 1.29 is 23.5 Å². The highest BCUT2D eigenvalue weighted by atomic mass is 16.6. The van der Waals surface area contributed by atoms with Gasteiger partial charge in [0.05, 0.1) is 18.6 Å². The monoisotopic (exact) mass is 365 g/mol. The van der Waals surface area contributed by atoms with Crippen molar-refractivity contribution in [1.82, 2.24) is 0 Å². The van der Waals surface area contributed by atoms with E-state index in [1.807, 2.05) is 19.1 Å². The van der Waals surface area contributed by atoms with Crippen LogP contribution < -0.4 is 10.1 Å². The summed E-state index contributed by atoms with van der Waals surface area (Å²) in [5.74, 6) is -0.647. The Bertz CT molecular complexity index is 890. The van der Waals surface area contributed by atoms with Gasteiger partial charge in [-0.05, 0) is 31.2 Å². The van der Waals surface area contributed by atoms with Crippen LogP contribution in [0.1, 0.15) is 29.1 Å². The molecule has 0 aliphatic heterocycles. The average Bonchev–Trinajstić information content (AvgIpc) is 3.23. The Hall–Kier alpha value is -3.54. The van der Waals surface area contributed by atoms with Crippen LogP contribution in [-0.2, 0) is 9.53 Å². The molecule has 0 saturated carbocycles. The Morgan fingerprint density at radius 3 is 2.44 bits per heavy atom. The van der Waals surface area contributed by atoms with Crippen LogP contribution >= 0.6 is 0 Å². The standard InChI is InChI=1S/C21H19NO5/c1-2-25-17-12-7-6-11-16(17)22-20(23)19(15-9-4-3-5-10-15)27-21(24)18-13-8-14-26-18/h3-14,19H,2H2,1H3,(H,22,23)/t19-/m0/s1. The second kappa shape index (κ2) is 8.71. The lowest BCUT2D eigenvalue weighted by molar-refractivity contribution is -0.125. The van der Waals surface area contributed by atoms with Gasteiger partial charge in [0.25, 0.3) is 5.91 Å². The summed E-state index contributed by atoms with van der Waals surface area (Å²) in [7, 11) is 0. The lowest BCUT2D eigenvalue weighted by atomic mass is 10.1. The van der Waals surface area contributed by atoms with Gasteiger partial charge in [0, 0.05) is 5.56 Å². The lowest BCUT2D eigenvalue weighted by Gasteiger charge is -2.18. The first-order valence-corrected chi connectivity index (χ1v) is 8.51. The van der Waals surface area contributed by atoms with Crippen molar-refractivity contribution in [2.75, 3.05) is 11.9 Å². The average molecular weight is 365 g/mol. The normalized spacial score (nSPS) is 11.4. The molecule has 0 unspecified atom stereocenters. The molecule has 0 spiro atoms. The third kappa shape index (κ3) is 4.55. The number of amides is 1. The molecule has 138 valence electrons. The van der Waals surface area contributed by atoms with Gasteiger partial charge in [-0.2, -0.15) is 0 Å². The zero-order valence-corrected chi connectivity index (χ0v) is 14.8. The molecule has 2 aromatic carbocycles. The zero-order valence-electron chi connectivity index (χ0n) is 14.8. The predicted octanol–water partition coefficient (Wildman–Crippen LogP) is 4.22. The Balaban J connectivity index is 1.84. The third-order valence-electron chi connectivity index (χ3n) is 3.73. The molecule has 0 radical (unpaired) electrons. The Morgan fingerprint density at radius 1 is 1.00 bits per heavy atom. The van der Waals surface area contributed by atoms with E-state index in [9.17, 15) is 9.59 Å². The molecule has 1 aromatic heterocycles. The zero-order chi connectivity index (χ0) is 19.1. The molecule has 1 N–H and O–H groups in total. The Labute approximate surface area is 156 Å². The van der Waals surface area contributed by atoms with Crippen molar-refractivity contribution in [1.29, 1.82) is 0 Å². The number of furan rings is 1. The van der Waals surface area contributed by atoms with E-state index in [1.165, 1.54) is 12.3 Å². The fraction of sp³-hybridized carbons (Fsp3) is 0.143. The molecular weight excluding hydrogens is 346 g/mol. The van der Waals surface area contributed by atoms with E-state index in [-0.39, 0.29) is 5.76 Å². The van der Waals surface area contributed by atoms with Crippen molar-refractivity contribution in [3.05, 3.63) is 84.3 Å². The summed E-state index contributed by atoms with van der Waals surface area (Å²) in [6, 6.07) is 18.9. The molecule has 0 aliphatic carbocycles. The largest absolute Gasteiger partial charge is 0.492 e. The molecule has 27 heavy (non-hydrogen) atoms. The first kappa shape index (κ1) is 18.3. The number of rotatable bonds is 7. The molecule has 3 rings (SSSR count). The maximum atomic E-state index is 12.9. The Morgan fingerprint density at radius 2 is 1.74 bits per heavy atom. The van der Waals surface area contributed by atoms with E-state index in [1.54, 1.807) is 48.5 Å². The van der Waals surface area contributed by atoms with Crippen molar-refractivity contribution in [2.45, 2.75) is 13.0 Å². The number of anilines is 1. The maximum Gasteiger partial charge on any atom is 0.375 e. The second-order valence-electron chi connectivity index (χ2n) is 5.59. The summed E-state index contributed by atoms with van der Waals surface area (Å²) in [6.45, 7) is 2.32. The molecule has 3 aromatic rings. The van der Waals surface area contributed by atoms with E-state index in [0.29, 0.717) is 23.6 Å². The molecule has 0 fully saturated rings. The minimum Gasteiger partial charge on any atom is -0.492 e. The molecule has 1 amide bonds. The van der Waals surface area contributed by atoms with E-state index >= 15 is 0 Å². The second-order valence-corrected chi connectivity index (χ2v) is 5.59. The lowest BCUT2D eigenvalue weighted by Crippen LogP contribution is -2.26. The van der Waals surface area contributed by atoms with Crippen LogP contribution in [0.3, 0.4) is 0 Å². The van der Waals surface area contributed by atoms with E-state index in [4.69, 9.17) is 13.9 Å². The van der Waals surface area contributed by atoms with Gasteiger partial charge in [0.2, 0.25) is 11.9 Å². The number of benzene rings is 2. The minimum absolute atomic E-state index is 0.0263. The van der Waals surface area contributed by atoms with Crippen LogP contribution in [0.25, 0.3) is 0 Å². The van der Waals surface area contributed by atoms with Crippen LogP contribution in [0.4, 0.5) is 5.69 Å². The van der Waals surface area contributed by atoms with Gasteiger partial charge in [0.15, 0.2) is 0 Å². The van der Waals surface area contributed by atoms with Gasteiger partial charge in [-0.25, -0.2) is 4.79 Å². The van der Waals surface area contributed by atoms with Gasteiger partial charge in [-0.3, -0.25) is 4.79 Å². The van der Waals surface area contributed by atoms with Gasteiger partial charge in [-0.1, -0.05) is 42.5 Å². The number of carbonyl (C=O) groups excluding carboxylic acids is 2. The van der Waals surface area contributed by atoms with E-state index < -0.39 is 18.0 Å². The summed E-state index contributed by atoms with van der Waals surface area (Å²) < 4.78 is 16.0. The summed E-state index contributed by atoms with van der Waals surface area (Å²) in [5.41, 5.74) is 1.04. The van der Waals surface area contributed by atoms with Gasteiger partial charge < -0.3 is 19.2 Å².